The first-order chi connectivity index (χ1) is 10.1. The summed E-state index contributed by atoms with van der Waals surface area (Å²) in [5.74, 6) is 1.42. The van der Waals surface area contributed by atoms with Crippen LogP contribution in [0.25, 0.3) is 0 Å². The zero-order valence-corrected chi connectivity index (χ0v) is 12.8. The van der Waals surface area contributed by atoms with E-state index in [4.69, 9.17) is 4.74 Å². The lowest BCUT2D eigenvalue weighted by molar-refractivity contribution is -0.122. The summed E-state index contributed by atoms with van der Waals surface area (Å²) in [6.07, 6.45) is 6.29. The fourth-order valence-electron chi connectivity index (χ4n) is 3.31. The van der Waals surface area contributed by atoms with Gasteiger partial charge in [-0.2, -0.15) is 0 Å². The van der Waals surface area contributed by atoms with Crippen molar-refractivity contribution in [3.63, 3.8) is 0 Å². The molecule has 0 aromatic heterocycles. The summed E-state index contributed by atoms with van der Waals surface area (Å²) in [6, 6.07) is 6.39. The summed E-state index contributed by atoms with van der Waals surface area (Å²) in [7, 11) is 0. The van der Waals surface area contributed by atoms with Gasteiger partial charge >= 0.3 is 0 Å². The highest BCUT2D eigenvalue weighted by Crippen LogP contribution is 2.33. The second-order valence-corrected chi connectivity index (χ2v) is 6.29. The molecule has 1 saturated carbocycles. The highest BCUT2D eigenvalue weighted by Gasteiger charge is 2.24. The molecule has 0 saturated heterocycles. The van der Waals surface area contributed by atoms with Gasteiger partial charge < -0.3 is 15.4 Å². The van der Waals surface area contributed by atoms with Gasteiger partial charge in [0.1, 0.15) is 5.75 Å². The molecule has 1 fully saturated rings. The second kappa shape index (κ2) is 5.96. The second-order valence-electron chi connectivity index (χ2n) is 6.29. The summed E-state index contributed by atoms with van der Waals surface area (Å²) in [6.45, 7) is 4.02. The Kier molecular flexibility index (Phi) is 4.04. The fourth-order valence-corrected chi connectivity index (χ4v) is 3.31. The first kappa shape index (κ1) is 14.2. The van der Waals surface area contributed by atoms with E-state index >= 15 is 0 Å². The van der Waals surface area contributed by atoms with Gasteiger partial charge in [-0.15, -0.1) is 0 Å². The summed E-state index contributed by atoms with van der Waals surface area (Å²) in [5, 5.41) is 6.48. The smallest absolute Gasteiger partial charge is 0.265 e. The van der Waals surface area contributed by atoms with E-state index in [2.05, 4.69) is 17.6 Å². The number of ether oxygens (including phenoxy) is 1. The van der Waals surface area contributed by atoms with Gasteiger partial charge in [0.15, 0.2) is 6.10 Å². The van der Waals surface area contributed by atoms with E-state index in [-0.39, 0.29) is 5.91 Å². The van der Waals surface area contributed by atoms with Gasteiger partial charge in [0.2, 0.25) is 0 Å². The molecule has 0 spiro atoms. The minimum absolute atomic E-state index is 0.0834. The van der Waals surface area contributed by atoms with Crippen LogP contribution in [0.1, 0.15) is 46.0 Å². The topological polar surface area (TPSA) is 50.4 Å². The highest BCUT2D eigenvalue weighted by molar-refractivity contribution is 5.98. The van der Waals surface area contributed by atoms with Gasteiger partial charge in [-0.1, -0.05) is 19.3 Å². The number of carbonyl (C=O) groups excluding carboxylic acids is 1. The summed E-state index contributed by atoms with van der Waals surface area (Å²) < 4.78 is 5.58. The van der Waals surface area contributed by atoms with Crippen LogP contribution in [-0.2, 0) is 4.79 Å². The molecule has 0 bridgehead atoms. The van der Waals surface area contributed by atoms with Crippen molar-refractivity contribution >= 4 is 17.3 Å². The normalized spacial score (nSPS) is 23.7. The number of carbonyl (C=O) groups is 1. The van der Waals surface area contributed by atoms with Crippen LogP contribution in [0.15, 0.2) is 18.2 Å². The summed E-state index contributed by atoms with van der Waals surface area (Å²) >= 11 is 0. The van der Waals surface area contributed by atoms with Crippen molar-refractivity contribution in [2.75, 3.05) is 10.6 Å². The van der Waals surface area contributed by atoms with Crippen LogP contribution in [0.3, 0.4) is 0 Å². The lowest BCUT2D eigenvalue weighted by atomic mass is 9.84. The molecule has 21 heavy (non-hydrogen) atoms. The van der Waals surface area contributed by atoms with Crippen LogP contribution >= 0.6 is 0 Å². The zero-order valence-electron chi connectivity index (χ0n) is 12.8. The number of amides is 1. The number of fused-ring (bicyclic) bond motifs is 1. The molecule has 2 aliphatic rings. The van der Waals surface area contributed by atoms with E-state index in [1.807, 2.05) is 18.2 Å². The Hall–Kier alpha value is -1.71. The molecule has 1 heterocycles. The number of benzene rings is 1. The maximum Gasteiger partial charge on any atom is 0.265 e. The first-order valence-electron chi connectivity index (χ1n) is 8.01. The minimum Gasteiger partial charge on any atom is -0.479 e. The molecule has 2 atom stereocenters. The first-order valence-corrected chi connectivity index (χ1v) is 8.01. The third kappa shape index (κ3) is 3.14. The third-order valence-corrected chi connectivity index (χ3v) is 4.66. The van der Waals surface area contributed by atoms with Crippen LogP contribution in [-0.4, -0.2) is 18.1 Å². The molecule has 114 valence electrons. The number of rotatable bonds is 3. The van der Waals surface area contributed by atoms with Gasteiger partial charge in [-0.3, -0.25) is 4.79 Å². The van der Waals surface area contributed by atoms with Crippen molar-refractivity contribution in [1.29, 1.82) is 0 Å². The SMILES string of the molecule is CC1Oc2ccc(NC(C)C3CCCCC3)cc2NC1=O. The van der Waals surface area contributed by atoms with Crippen LogP contribution in [0.2, 0.25) is 0 Å². The molecule has 0 radical (unpaired) electrons. The van der Waals surface area contributed by atoms with Crippen molar-refractivity contribution in [2.24, 2.45) is 5.92 Å². The van der Waals surface area contributed by atoms with Gasteiger partial charge in [0.05, 0.1) is 5.69 Å². The van der Waals surface area contributed by atoms with Gasteiger partial charge in [-0.05, 0) is 50.8 Å². The summed E-state index contributed by atoms with van der Waals surface area (Å²) in [4.78, 5) is 11.7. The number of anilines is 2. The average Bonchev–Trinajstić information content (AvgIpc) is 2.49. The van der Waals surface area contributed by atoms with Crippen LogP contribution in [0, 0.1) is 5.92 Å². The third-order valence-electron chi connectivity index (χ3n) is 4.66. The molecule has 3 rings (SSSR count). The Morgan fingerprint density at radius 1 is 1.29 bits per heavy atom. The van der Waals surface area contributed by atoms with E-state index in [0.29, 0.717) is 6.04 Å². The van der Waals surface area contributed by atoms with Crippen LogP contribution < -0.4 is 15.4 Å². The maximum absolute atomic E-state index is 11.7. The molecule has 1 amide bonds. The van der Waals surface area contributed by atoms with Crippen molar-refractivity contribution in [1.82, 2.24) is 0 Å². The predicted octanol–water partition coefficient (Wildman–Crippen LogP) is 3.79. The van der Waals surface area contributed by atoms with Crippen molar-refractivity contribution in [3.8, 4) is 5.75 Å². The van der Waals surface area contributed by atoms with Crippen LogP contribution in [0.4, 0.5) is 11.4 Å². The van der Waals surface area contributed by atoms with E-state index in [0.717, 1.165) is 23.0 Å². The monoisotopic (exact) mass is 288 g/mol. The molecule has 1 aromatic carbocycles. The van der Waals surface area contributed by atoms with E-state index in [9.17, 15) is 4.79 Å². The van der Waals surface area contributed by atoms with Crippen molar-refractivity contribution in [2.45, 2.75) is 58.1 Å². The van der Waals surface area contributed by atoms with Crippen molar-refractivity contribution < 1.29 is 9.53 Å². The molecular weight excluding hydrogens is 264 g/mol. The lowest BCUT2D eigenvalue weighted by Gasteiger charge is -2.30. The average molecular weight is 288 g/mol. The fraction of sp³-hybridized carbons (Fsp3) is 0.588. The van der Waals surface area contributed by atoms with E-state index in [1.165, 1.54) is 32.1 Å². The maximum atomic E-state index is 11.7. The summed E-state index contributed by atoms with van der Waals surface area (Å²) in [5.41, 5.74) is 1.81. The number of hydrogen-bond donors (Lipinski definition) is 2. The quantitative estimate of drug-likeness (QED) is 0.889. The molecule has 2 unspecified atom stereocenters. The Balaban J connectivity index is 1.69. The lowest BCUT2D eigenvalue weighted by Crippen LogP contribution is -2.34. The molecule has 2 N–H and O–H groups in total. The Morgan fingerprint density at radius 3 is 2.81 bits per heavy atom. The zero-order chi connectivity index (χ0) is 14.8. The Labute approximate surface area is 126 Å². The largest absolute Gasteiger partial charge is 0.479 e. The van der Waals surface area contributed by atoms with Crippen LogP contribution in [0.5, 0.6) is 5.75 Å². The number of hydrogen-bond acceptors (Lipinski definition) is 3. The van der Waals surface area contributed by atoms with Crippen molar-refractivity contribution in [3.05, 3.63) is 18.2 Å². The minimum atomic E-state index is -0.419. The molecule has 1 aliphatic heterocycles. The molecule has 4 heteroatoms. The standard InChI is InChI=1S/C17H24N2O2/c1-11(13-6-4-3-5-7-13)18-14-8-9-16-15(10-14)19-17(20)12(2)21-16/h8-13,18H,3-7H2,1-2H3,(H,19,20). The molecule has 1 aromatic rings. The molecule has 1 aliphatic carbocycles. The number of nitrogens with one attached hydrogen (secondary N) is 2. The molecular formula is C17H24N2O2. The van der Waals surface area contributed by atoms with Gasteiger partial charge in [0, 0.05) is 11.7 Å². The Morgan fingerprint density at radius 2 is 2.05 bits per heavy atom. The van der Waals surface area contributed by atoms with Gasteiger partial charge in [-0.25, -0.2) is 0 Å². The highest BCUT2D eigenvalue weighted by atomic mass is 16.5. The Bertz CT molecular complexity index is 524. The van der Waals surface area contributed by atoms with E-state index < -0.39 is 6.10 Å². The van der Waals surface area contributed by atoms with E-state index in [1.54, 1.807) is 6.92 Å². The van der Waals surface area contributed by atoms with Gasteiger partial charge in [0.25, 0.3) is 5.91 Å². The predicted molar refractivity (Wildman–Crippen MR) is 84.8 cm³/mol. The molecule has 4 nitrogen and oxygen atoms in total.